The van der Waals surface area contributed by atoms with Crippen LogP contribution in [0.1, 0.15) is 91.8 Å². The van der Waals surface area contributed by atoms with Gasteiger partial charge in [-0.1, -0.05) is 143 Å². The second-order valence-corrected chi connectivity index (χ2v) is 16.3. The van der Waals surface area contributed by atoms with Crippen molar-refractivity contribution in [2.45, 2.75) is 94.4 Å². The number of carbonyl (C=O) groups excluding carboxylic acids is 1. The van der Waals surface area contributed by atoms with Crippen molar-refractivity contribution in [1.82, 2.24) is 4.98 Å². The van der Waals surface area contributed by atoms with Gasteiger partial charge >= 0.3 is 0 Å². The second-order valence-electron chi connectivity index (χ2n) is 16.3. The Morgan fingerprint density at radius 3 is 2.00 bits per heavy atom. The summed E-state index contributed by atoms with van der Waals surface area (Å²) in [5, 5.41) is 17.4. The summed E-state index contributed by atoms with van der Waals surface area (Å²) in [6.07, 6.45) is 4.95. The molecule has 1 aromatic heterocycles. The van der Waals surface area contributed by atoms with Crippen LogP contribution in [0.4, 0.5) is 0 Å². The fourth-order valence-electron chi connectivity index (χ4n) is 6.42. The molecule has 1 radical (unpaired) electrons. The molecule has 0 aliphatic carbocycles. The van der Waals surface area contributed by atoms with E-state index in [0.717, 1.165) is 29.7 Å². The summed E-state index contributed by atoms with van der Waals surface area (Å²) in [5.74, 6) is 0.195. The Morgan fingerprint density at radius 2 is 1.38 bits per heavy atom. The molecule has 0 atom stereocenters. The number of nitrogens with zero attached hydrogens (tertiary/aromatic N) is 1. The third-order valence-corrected chi connectivity index (χ3v) is 10.6. The minimum Gasteiger partial charge on any atom is -0.512 e. The number of ketones is 1. The molecule has 6 rings (SSSR count). The number of hydrogen-bond acceptors (Lipinski definition) is 3. The molecule has 4 heteroatoms. The first-order chi connectivity index (χ1) is 24.0. The molecule has 273 valence electrons. The smallest absolute Gasteiger partial charge is 0.164 e. The molecule has 3 nitrogen and oxygen atoms in total. The number of allylic oxidation sites excluding steroid dienone is 2. The topological polar surface area (TPSA) is 50.2 Å². The minimum absolute atomic E-state index is 0. The van der Waals surface area contributed by atoms with Crippen LogP contribution < -0.4 is 0 Å². The minimum atomic E-state index is -0.377. The quantitative estimate of drug-likeness (QED) is 0.0753. The van der Waals surface area contributed by atoms with Gasteiger partial charge in [-0.05, 0) is 79.0 Å². The zero-order valence-corrected chi connectivity index (χ0v) is 35.2. The Bertz CT molecular complexity index is 2230. The number of fused-ring (bicyclic) bond motifs is 6. The maximum Gasteiger partial charge on any atom is 0.164 e. The maximum absolute atomic E-state index is 11.8. The monoisotopic (exact) mass is 869 g/mol. The van der Waals surface area contributed by atoms with Crippen LogP contribution in [0.3, 0.4) is 0 Å². The van der Waals surface area contributed by atoms with Crippen molar-refractivity contribution in [3.63, 3.8) is 0 Å². The van der Waals surface area contributed by atoms with Gasteiger partial charge in [0.05, 0.1) is 0 Å². The maximum atomic E-state index is 11.8. The van der Waals surface area contributed by atoms with Crippen molar-refractivity contribution in [3.8, 4) is 22.4 Å². The molecule has 0 saturated heterocycles. The van der Waals surface area contributed by atoms with Crippen molar-refractivity contribution in [3.05, 3.63) is 126 Å². The molecule has 0 bridgehead atoms. The predicted octanol–water partition coefficient (Wildman–Crippen LogP) is 13.5. The van der Waals surface area contributed by atoms with Gasteiger partial charge in [0.15, 0.2) is 5.78 Å². The van der Waals surface area contributed by atoms with Crippen molar-refractivity contribution < 1.29 is 30.0 Å². The first-order valence-corrected chi connectivity index (χ1v) is 18.3. The summed E-state index contributed by atoms with van der Waals surface area (Å²) < 4.78 is 0. The number of rotatable bonds is 7. The molecule has 52 heavy (non-hydrogen) atoms. The average Bonchev–Trinajstić information content (AvgIpc) is 3.10. The van der Waals surface area contributed by atoms with E-state index in [1.807, 2.05) is 47.7 Å². The molecular formula is C48H54IrNO2-. The van der Waals surface area contributed by atoms with Crippen molar-refractivity contribution in [2.75, 3.05) is 0 Å². The van der Waals surface area contributed by atoms with Crippen LogP contribution >= 0.6 is 0 Å². The number of aryl methyl sites for hydroxylation is 2. The van der Waals surface area contributed by atoms with Crippen molar-refractivity contribution in [1.29, 1.82) is 0 Å². The molecule has 0 aliphatic heterocycles. The third kappa shape index (κ3) is 8.40. The fraction of sp³-hybridized carbons (Fsp3) is 0.333. The van der Waals surface area contributed by atoms with E-state index in [1.165, 1.54) is 60.6 Å². The molecule has 0 aliphatic rings. The first-order valence-electron chi connectivity index (χ1n) is 18.3. The Morgan fingerprint density at radius 1 is 0.731 bits per heavy atom. The summed E-state index contributed by atoms with van der Waals surface area (Å²) >= 11 is 0. The zero-order chi connectivity index (χ0) is 37.3. The van der Waals surface area contributed by atoms with Gasteiger partial charge in [0, 0.05) is 43.2 Å². The van der Waals surface area contributed by atoms with Crippen LogP contribution in [0.15, 0.2) is 103 Å². The van der Waals surface area contributed by atoms with Gasteiger partial charge < -0.3 is 10.1 Å². The number of carbonyl (C=O) groups is 1. The van der Waals surface area contributed by atoms with E-state index in [9.17, 15) is 9.90 Å². The van der Waals surface area contributed by atoms with Gasteiger partial charge in [0.2, 0.25) is 0 Å². The molecule has 0 spiro atoms. The normalized spacial score (nSPS) is 12.4. The number of pyridine rings is 1. The molecule has 0 fully saturated rings. The van der Waals surface area contributed by atoms with Crippen molar-refractivity contribution in [2.24, 2.45) is 10.8 Å². The van der Waals surface area contributed by atoms with Crippen LogP contribution in [0.2, 0.25) is 0 Å². The van der Waals surface area contributed by atoms with Gasteiger partial charge in [-0.3, -0.25) is 4.79 Å². The number of aliphatic hydroxyl groups is 1. The standard InChI is InChI=1S/C35H30N.C13H24O2.Ir/c1-22-18-23(2)20-25(19-22)34-33-29(16-17-36-34)31-21-26(35(3,4)5)14-15-28(31)32-27(12-9-13-30(32)33)24-10-7-6-8-11-24;1-7-12(3,4)10(14)9-11(15)13(5,6)8-2;/h6-19,21H,1-5H3;9,14H,7-8H2,1-6H3;/q-1;;/b;10-9-;. The molecular weight excluding hydrogens is 815 g/mol. The van der Waals surface area contributed by atoms with Crippen LogP contribution in [0, 0.1) is 30.7 Å². The predicted molar refractivity (Wildman–Crippen MR) is 218 cm³/mol. The SMILES string of the molecule is CCC(C)(C)C(=O)/C=C(\O)C(C)(C)CC.Cc1[c-]c(-c2nccc3c4cc(C(C)(C)C)ccc4c4c(-c5ccccc5)cccc4c23)cc(C)c1.[Ir]. The largest absolute Gasteiger partial charge is 0.512 e. The molecule has 1 heterocycles. The Labute approximate surface area is 324 Å². The Balaban J connectivity index is 0.000000323. The van der Waals surface area contributed by atoms with E-state index in [4.69, 9.17) is 4.98 Å². The van der Waals surface area contributed by atoms with Gasteiger partial charge in [0.25, 0.3) is 0 Å². The summed E-state index contributed by atoms with van der Waals surface area (Å²) in [5.41, 5.74) is 7.61. The molecule has 6 aromatic rings. The zero-order valence-electron chi connectivity index (χ0n) is 32.8. The van der Waals surface area contributed by atoms with Gasteiger partial charge in [-0.2, -0.15) is 0 Å². The van der Waals surface area contributed by atoms with E-state index in [2.05, 4.69) is 126 Å². The summed E-state index contributed by atoms with van der Waals surface area (Å²) in [6, 6.07) is 34.6. The Hall–Kier alpha value is -4.11. The summed E-state index contributed by atoms with van der Waals surface area (Å²) in [6.45, 7) is 22.8. The molecule has 1 N–H and O–H groups in total. The van der Waals surface area contributed by atoms with E-state index in [0.29, 0.717) is 0 Å². The Kier molecular flexibility index (Phi) is 12.4. The van der Waals surface area contributed by atoms with Gasteiger partial charge in [-0.15, -0.1) is 34.9 Å². The van der Waals surface area contributed by atoms with E-state index in [-0.39, 0.29) is 47.9 Å². The van der Waals surface area contributed by atoms with Crippen molar-refractivity contribution >= 4 is 38.1 Å². The molecule has 0 saturated carbocycles. The molecule has 0 unspecified atom stereocenters. The number of benzene rings is 5. The van der Waals surface area contributed by atoms with Gasteiger partial charge in [-0.25, -0.2) is 0 Å². The van der Waals surface area contributed by atoms with Crippen LogP contribution in [0.5, 0.6) is 0 Å². The van der Waals surface area contributed by atoms with Crippen LogP contribution in [-0.2, 0) is 30.3 Å². The second kappa shape index (κ2) is 15.9. The summed E-state index contributed by atoms with van der Waals surface area (Å²) in [7, 11) is 0. The first kappa shape index (κ1) is 40.7. The van der Waals surface area contributed by atoms with E-state index < -0.39 is 0 Å². The molecule has 5 aromatic carbocycles. The van der Waals surface area contributed by atoms with Crippen LogP contribution in [0.25, 0.3) is 54.7 Å². The fourth-order valence-corrected chi connectivity index (χ4v) is 6.42. The average molecular weight is 869 g/mol. The number of aliphatic hydroxyl groups excluding tert-OH is 1. The van der Waals surface area contributed by atoms with E-state index >= 15 is 0 Å². The number of aromatic nitrogens is 1. The third-order valence-electron chi connectivity index (χ3n) is 10.6. The van der Waals surface area contributed by atoms with Crippen LogP contribution in [-0.4, -0.2) is 15.9 Å². The summed E-state index contributed by atoms with van der Waals surface area (Å²) in [4.78, 5) is 16.8. The van der Waals surface area contributed by atoms with E-state index in [1.54, 1.807) is 0 Å². The number of hydrogen-bond donors (Lipinski definition) is 1. The van der Waals surface area contributed by atoms with Gasteiger partial charge in [0.1, 0.15) is 5.76 Å². The molecule has 0 amide bonds.